The number of phenols is 1. The zero-order valence-corrected chi connectivity index (χ0v) is 22.4. The lowest BCUT2D eigenvalue weighted by atomic mass is 9.74. The maximum Gasteiger partial charge on any atom is 0.255 e. The number of hydrogen-bond acceptors (Lipinski definition) is 5. The Morgan fingerprint density at radius 3 is 2.46 bits per heavy atom. The smallest absolute Gasteiger partial charge is 0.255 e. The molecule has 1 atom stereocenters. The van der Waals surface area contributed by atoms with Crippen LogP contribution in [0.1, 0.15) is 55.3 Å². The number of halogens is 1. The summed E-state index contributed by atoms with van der Waals surface area (Å²) in [6.07, 6.45) is 7.52. The molecular formula is C30H39ClN4O2. The summed E-state index contributed by atoms with van der Waals surface area (Å²) in [5.74, 6) is 1.01. The number of aromatic hydroxyl groups is 1. The molecule has 4 rings (SSSR count). The van der Waals surface area contributed by atoms with E-state index in [2.05, 4.69) is 33.3 Å². The summed E-state index contributed by atoms with van der Waals surface area (Å²) in [5, 5.41) is 23.3. The summed E-state index contributed by atoms with van der Waals surface area (Å²) < 4.78 is 0. The standard InChI is InChI=1S/C30H39ClN4O2/c31-27-8-2-3-9-28(27)35-20-18-34(19-21-35)17-15-23-11-13-24(14-12-23)25(22-32)6-5-16-33-30(37)26-7-1-4-10-29(26)36/h1-4,7-10,23-25,36H,5-6,11-21H2,(H,33,37). The van der Waals surface area contributed by atoms with E-state index in [1.54, 1.807) is 18.2 Å². The molecule has 1 saturated heterocycles. The highest BCUT2D eigenvalue weighted by Crippen LogP contribution is 2.36. The van der Waals surface area contributed by atoms with Gasteiger partial charge >= 0.3 is 0 Å². The van der Waals surface area contributed by atoms with E-state index in [0.717, 1.165) is 75.0 Å². The monoisotopic (exact) mass is 522 g/mol. The van der Waals surface area contributed by atoms with E-state index in [0.29, 0.717) is 18.0 Å². The van der Waals surface area contributed by atoms with Crippen molar-refractivity contribution in [1.82, 2.24) is 10.2 Å². The molecule has 2 aromatic rings. The Labute approximate surface area is 226 Å². The fraction of sp³-hybridized carbons (Fsp3) is 0.533. The van der Waals surface area contributed by atoms with Crippen molar-refractivity contribution >= 4 is 23.2 Å². The molecule has 198 valence electrons. The van der Waals surface area contributed by atoms with E-state index >= 15 is 0 Å². The molecule has 0 spiro atoms. The third kappa shape index (κ3) is 7.63. The Morgan fingerprint density at radius 1 is 1.05 bits per heavy atom. The van der Waals surface area contributed by atoms with Crippen LogP contribution in [0.5, 0.6) is 5.75 Å². The Kier molecular flexibility index (Phi) is 10.1. The second kappa shape index (κ2) is 13.7. The average Bonchev–Trinajstić information content (AvgIpc) is 2.93. The van der Waals surface area contributed by atoms with Gasteiger partial charge in [-0.25, -0.2) is 0 Å². The van der Waals surface area contributed by atoms with Crippen LogP contribution >= 0.6 is 11.6 Å². The first-order chi connectivity index (χ1) is 18.0. The lowest BCUT2D eigenvalue weighted by Gasteiger charge is -2.37. The minimum Gasteiger partial charge on any atom is -0.507 e. The molecule has 2 N–H and O–H groups in total. The molecule has 7 heteroatoms. The van der Waals surface area contributed by atoms with Gasteiger partial charge in [-0.15, -0.1) is 0 Å². The molecular weight excluding hydrogens is 484 g/mol. The van der Waals surface area contributed by atoms with Crippen LogP contribution in [0.25, 0.3) is 0 Å². The summed E-state index contributed by atoms with van der Waals surface area (Å²) in [4.78, 5) is 17.2. The number of nitrogens with zero attached hydrogens (tertiary/aromatic N) is 3. The van der Waals surface area contributed by atoms with Crippen LogP contribution in [0.4, 0.5) is 5.69 Å². The van der Waals surface area contributed by atoms with Crippen molar-refractivity contribution in [2.75, 3.05) is 44.2 Å². The van der Waals surface area contributed by atoms with Gasteiger partial charge in [0, 0.05) is 38.6 Å². The number of benzene rings is 2. The fourth-order valence-corrected chi connectivity index (χ4v) is 6.11. The van der Waals surface area contributed by atoms with E-state index in [1.807, 2.05) is 12.1 Å². The molecule has 37 heavy (non-hydrogen) atoms. The molecule has 1 unspecified atom stereocenters. The molecule has 1 saturated carbocycles. The minimum absolute atomic E-state index is 0.00832. The number of para-hydroxylation sites is 2. The Hall–Kier alpha value is -2.75. The van der Waals surface area contributed by atoms with Gasteiger partial charge in [-0.3, -0.25) is 9.69 Å². The van der Waals surface area contributed by atoms with Crippen molar-refractivity contribution < 1.29 is 9.90 Å². The summed E-state index contributed by atoms with van der Waals surface area (Å²) in [5.41, 5.74) is 1.44. The molecule has 1 amide bonds. The third-order valence-corrected chi connectivity index (χ3v) is 8.49. The van der Waals surface area contributed by atoms with Crippen molar-refractivity contribution in [3.8, 4) is 11.8 Å². The Bertz CT molecular complexity index is 1060. The SMILES string of the molecule is N#CC(CCCNC(=O)c1ccccc1O)C1CCC(CCN2CCN(c3ccccc3Cl)CC2)CC1. The number of piperazine rings is 1. The summed E-state index contributed by atoms with van der Waals surface area (Å²) >= 11 is 6.38. The lowest BCUT2D eigenvalue weighted by Crippen LogP contribution is -2.47. The van der Waals surface area contributed by atoms with Crippen molar-refractivity contribution in [2.24, 2.45) is 17.8 Å². The van der Waals surface area contributed by atoms with Gasteiger partial charge in [0.15, 0.2) is 0 Å². The predicted octanol–water partition coefficient (Wildman–Crippen LogP) is 5.71. The maximum atomic E-state index is 12.2. The highest BCUT2D eigenvalue weighted by molar-refractivity contribution is 6.33. The average molecular weight is 523 g/mol. The number of hydrogen-bond donors (Lipinski definition) is 2. The van der Waals surface area contributed by atoms with Crippen LogP contribution in [0.2, 0.25) is 5.02 Å². The topological polar surface area (TPSA) is 79.6 Å². The van der Waals surface area contributed by atoms with Crippen LogP contribution in [0, 0.1) is 29.1 Å². The molecule has 6 nitrogen and oxygen atoms in total. The van der Waals surface area contributed by atoms with Crippen LogP contribution in [0.15, 0.2) is 48.5 Å². The molecule has 2 aliphatic rings. The normalized spacial score (nSPS) is 21.2. The van der Waals surface area contributed by atoms with Gasteiger partial charge < -0.3 is 15.3 Å². The second-order valence-electron chi connectivity index (χ2n) is 10.5. The van der Waals surface area contributed by atoms with Crippen LogP contribution in [-0.4, -0.2) is 55.2 Å². The largest absolute Gasteiger partial charge is 0.507 e. The first kappa shape index (κ1) is 27.3. The maximum absolute atomic E-state index is 12.2. The summed E-state index contributed by atoms with van der Waals surface area (Å²) in [6, 6.07) is 17.2. The van der Waals surface area contributed by atoms with Crippen LogP contribution < -0.4 is 10.2 Å². The lowest BCUT2D eigenvalue weighted by molar-refractivity contribution is 0.0949. The fourth-order valence-electron chi connectivity index (χ4n) is 5.86. The number of amides is 1. The first-order valence-corrected chi connectivity index (χ1v) is 14.1. The molecule has 1 aliphatic carbocycles. The zero-order valence-electron chi connectivity index (χ0n) is 21.6. The van der Waals surface area contributed by atoms with Crippen molar-refractivity contribution in [2.45, 2.75) is 44.9 Å². The van der Waals surface area contributed by atoms with E-state index in [4.69, 9.17) is 11.6 Å². The van der Waals surface area contributed by atoms with E-state index in [9.17, 15) is 15.2 Å². The Morgan fingerprint density at radius 2 is 1.76 bits per heavy atom. The Balaban J connectivity index is 1.11. The zero-order chi connectivity index (χ0) is 26.0. The second-order valence-corrected chi connectivity index (χ2v) is 10.9. The molecule has 0 aromatic heterocycles. The number of carbonyl (C=O) groups excluding carboxylic acids is 1. The minimum atomic E-state index is -0.266. The highest BCUT2D eigenvalue weighted by atomic mass is 35.5. The molecule has 0 radical (unpaired) electrons. The number of anilines is 1. The van der Waals surface area contributed by atoms with Gasteiger partial charge in [0.25, 0.3) is 5.91 Å². The summed E-state index contributed by atoms with van der Waals surface area (Å²) in [7, 11) is 0. The number of nitrogens with one attached hydrogen (secondary N) is 1. The molecule has 0 bridgehead atoms. The van der Waals surface area contributed by atoms with E-state index < -0.39 is 0 Å². The van der Waals surface area contributed by atoms with Gasteiger partial charge in [-0.2, -0.15) is 5.26 Å². The molecule has 2 fully saturated rings. The van der Waals surface area contributed by atoms with Gasteiger partial charge in [-0.1, -0.05) is 48.7 Å². The quantitative estimate of drug-likeness (QED) is 0.390. The van der Waals surface area contributed by atoms with Gasteiger partial charge in [0.1, 0.15) is 5.75 Å². The molecule has 1 aliphatic heterocycles. The van der Waals surface area contributed by atoms with Gasteiger partial charge in [-0.05, 0) is 74.8 Å². The van der Waals surface area contributed by atoms with Crippen molar-refractivity contribution in [3.63, 3.8) is 0 Å². The number of nitriles is 1. The highest BCUT2D eigenvalue weighted by Gasteiger charge is 2.28. The number of phenolic OH excluding ortho intramolecular Hbond substituents is 1. The third-order valence-electron chi connectivity index (χ3n) is 8.17. The first-order valence-electron chi connectivity index (χ1n) is 13.7. The van der Waals surface area contributed by atoms with Crippen LogP contribution in [0.3, 0.4) is 0 Å². The number of carbonyl (C=O) groups is 1. The van der Waals surface area contributed by atoms with Gasteiger partial charge in [0.05, 0.1) is 22.3 Å². The van der Waals surface area contributed by atoms with Gasteiger partial charge in [0.2, 0.25) is 0 Å². The number of rotatable bonds is 10. The molecule has 1 heterocycles. The molecule has 2 aromatic carbocycles. The van der Waals surface area contributed by atoms with Crippen molar-refractivity contribution in [1.29, 1.82) is 5.26 Å². The van der Waals surface area contributed by atoms with Crippen molar-refractivity contribution in [3.05, 3.63) is 59.1 Å². The van der Waals surface area contributed by atoms with E-state index in [1.165, 1.54) is 25.3 Å². The summed E-state index contributed by atoms with van der Waals surface area (Å²) in [6.45, 7) is 5.88. The van der Waals surface area contributed by atoms with Crippen LogP contribution in [-0.2, 0) is 0 Å². The predicted molar refractivity (Wildman–Crippen MR) is 149 cm³/mol. The van der Waals surface area contributed by atoms with E-state index in [-0.39, 0.29) is 17.6 Å².